The van der Waals surface area contributed by atoms with Crippen LogP contribution >= 0.6 is 0 Å². The molecule has 0 saturated carbocycles. The summed E-state index contributed by atoms with van der Waals surface area (Å²) in [6.45, 7) is 4.69. The Morgan fingerprint density at radius 1 is 1.19 bits per heavy atom. The molecule has 2 N–H and O–H groups in total. The summed E-state index contributed by atoms with van der Waals surface area (Å²) in [7, 11) is 0. The quantitative estimate of drug-likeness (QED) is 0.842. The fraction of sp³-hybridized carbons (Fsp3) is 0.429. The van der Waals surface area contributed by atoms with Gasteiger partial charge in [-0.3, -0.25) is 4.79 Å². The Bertz CT molecular complexity index is 534. The van der Waals surface area contributed by atoms with Crippen molar-refractivity contribution in [1.82, 2.24) is 5.32 Å². The highest BCUT2D eigenvalue weighted by Crippen LogP contribution is 2.17. The average molecular weight is 301 g/mol. The third kappa shape index (κ3) is 4.70. The number of halogens is 2. The Hall–Kier alpha value is -2.18. The van der Waals surface area contributed by atoms with Crippen molar-refractivity contribution >= 4 is 11.9 Å². The first-order chi connectivity index (χ1) is 9.72. The second-order valence-corrected chi connectivity index (χ2v) is 4.90. The summed E-state index contributed by atoms with van der Waals surface area (Å²) in [5.41, 5.74) is 0. The molecule has 0 bridgehead atoms. The van der Waals surface area contributed by atoms with Crippen LogP contribution in [0.2, 0.25) is 0 Å². The zero-order chi connectivity index (χ0) is 16.2. The highest BCUT2D eigenvalue weighted by Gasteiger charge is 2.26. The minimum Gasteiger partial charge on any atom is -0.481 e. The number of carboxylic acid groups (broad SMARTS) is 1. The number of nitrogens with one attached hydrogen (secondary N) is 1. The SMILES string of the molecule is CC(Oc1ccc(F)c(F)c1)C(=O)N[C@@H](C(=O)O)C(C)C. The highest BCUT2D eigenvalue weighted by atomic mass is 19.2. The summed E-state index contributed by atoms with van der Waals surface area (Å²) < 4.78 is 30.9. The molecule has 0 saturated heterocycles. The van der Waals surface area contributed by atoms with E-state index < -0.39 is 35.7 Å². The zero-order valence-corrected chi connectivity index (χ0v) is 11.9. The topological polar surface area (TPSA) is 75.6 Å². The molecule has 0 aliphatic heterocycles. The molecule has 0 aliphatic carbocycles. The molecule has 21 heavy (non-hydrogen) atoms. The van der Waals surface area contributed by atoms with Crippen LogP contribution in [0.4, 0.5) is 8.78 Å². The summed E-state index contributed by atoms with van der Waals surface area (Å²) in [4.78, 5) is 22.8. The van der Waals surface area contributed by atoms with E-state index in [4.69, 9.17) is 9.84 Å². The van der Waals surface area contributed by atoms with Gasteiger partial charge in [0.25, 0.3) is 5.91 Å². The number of hydrogen-bond donors (Lipinski definition) is 2. The standard InChI is InChI=1S/C14H17F2NO4/c1-7(2)12(14(19)20)17-13(18)8(3)21-9-4-5-10(15)11(16)6-9/h4-8,12H,1-3H3,(H,17,18)(H,19,20)/t8?,12-/m1/s1. The van der Waals surface area contributed by atoms with E-state index in [1.807, 2.05) is 0 Å². The van der Waals surface area contributed by atoms with Crippen LogP contribution in [0, 0.1) is 17.6 Å². The number of amides is 1. The van der Waals surface area contributed by atoms with Gasteiger partial charge in [-0.2, -0.15) is 0 Å². The summed E-state index contributed by atoms with van der Waals surface area (Å²) in [6.07, 6.45) is -1.05. The van der Waals surface area contributed by atoms with Gasteiger partial charge >= 0.3 is 5.97 Å². The van der Waals surface area contributed by atoms with Crippen LogP contribution in [-0.2, 0) is 9.59 Å². The molecule has 0 spiro atoms. The van der Waals surface area contributed by atoms with Crippen molar-refractivity contribution in [1.29, 1.82) is 0 Å². The maximum Gasteiger partial charge on any atom is 0.326 e. The van der Waals surface area contributed by atoms with Gasteiger partial charge in [0, 0.05) is 6.07 Å². The molecule has 0 aromatic heterocycles. The summed E-state index contributed by atoms with van der Waals surface area (Å²) in [6, 6.07) is 1.83. The molecule has 1 rings (SSSR count). The van der Waals surface area contributed by atoms with Crippen molar-refractivity contribution in [2.24, 2.45) is 5.92 Å². The van der Waals surface area contributed by atoms with E-state index in [0.29, 0.717) is 0 Å². The van der Waals surface area contributed by atoms with Gasteiger partial charge in [0.1, 0.15) is 11.8 Å². The average Bonchev–Trinajstić information content (AvgIpc) is 2.39. The molecule has 1 aromatic rings. The van der Waals surface area contributed by atoms with Gasteiger partial charge in [-0.1, -0.05) is 13.8 Å². The van der Waals surface area contributed by atoms with Crippen LogP contribution in [-0.4, -0.2) is 29.1 Å². The van der Waals surface area contributed by atoms with Gasteiger partial charge in [-0.05, 0) is 25.0 Å². The predicted molar refractivity (Wildman–Crippen MR) is 70.9 cm³/mol. The summed E-state index contributed by atoms with van der Waals surface area (Å²) in [5, 5.41) is 11.3. The van der Waals surface area contributed by atoms with Gasteiger partial charge in [0.15, 0.2) is 17.7 Å². The normalized spacial score (nSPS) is 13.6. The Morgan fingerprint density at radius 3 is 2.29 bits per heavy atom. The molecule has 0 fully saturated rings. The lowest BCUT2D eigenvalue weighted by atomic mass is 10.0. The number of hydrogen-bond acceptors (Lipinski definition) is 3. The number of aliphatic carboxylic acids is 1. The lowest BCUT2D eigenvalue weighted by Gasteiger charge is -2.21. The third-order valence-corrected chi connectivity index (χ3v) is 2.80. The van der Waals surface area contributed by atoms with E-state index in [-0.39, 0.29) is 11.7 Å². The van der Waals surface area contributed by atoms with Crippen molar-refractivity contribution in [3.63, 3.8) is 0 Å². The first kappa shape index (κ1) is 16.9. The second kappa shape index (κ2) is 7.01. The molecule has 2 atom stereocenters. The maximum atomic E-state index is 13.0. The minimum absolute atomic E-state index is 0.0204. The van der Waals surface area contributed by atoms with Crippen LogP contribution in [0.15, 0.2) is 18.2 Å². The largest absolute Gasteiger partial charge is 0.481 e. The molecule has 0 radical (unpaired) electrons. The van der Waals surface area contributed by atoms with E-state index in [9.17, 15) is 18.4 Å². The van der Waals surface area contributed by atoms with Gasteiger partial charge in [-0.15, -0.1) is 0 Å². The molecule has 116 valence electrons. The van der Waals surface area contributed by atoms with Gasteiger partial charge in [0.2, 0.25) is 0 Å². The lowest BCUT2D eigenvalue weighted by molar-refractivity contribution is -0.144. The molecule has 0 aliphatic rings. The van der Waals surface area contributed by atoms with Gasteiger partial charge in [0.05, 0.1) is 0 Å². The number of benzene rings is 1. The first-order valence-electron chi connectivity index (χ1n) is 6.37. The van der Waals surface area contributed by atoms with Crippen molar-refractivity contribution < 1.29 is 28.2 Å². The van der Waals surface area contributed by atoms with Crippen molar-refractivity contribution in [2.75, 3.05) is 0 Å². The molecule has 0 heterocycles. The van der Waals surface area contributed by atoms with Crippen LogP contribution < -0.4 is 10.1 Å². The van der Waals surface area contributed by atoms with Gasteiger partial charge in [-0.25, -0.2) is 13.6 Å². The summed E-state index contributed by atoms with van der Waals surface area (Å²) in [5.74, 6) is -4.25. The smallest absolute Gasteiger partial charge is 0.326 e. The monoisotopic (exact) mass is 301 g/mol. The molecular weight excluding hydrogens is 284 g/mol. The zero-order valence-electron chi connectivity index (χ0n) is 11.9. The van der Waals surface area contributed by atoms with Gasteiger partial charge < -0.3 is 15.2 Å². The minimum atomic E-state index is -1.15. The van der Waals surface area contributed by atoms with Crippen LogP contribution in [0.5, 0.6) is 5.75 Å². The molecule has 1 amide bonds. The van der Waals surface area contributed by atoms with Crippen molar-refractivity contribution in [3.05, 3.63) is 29.8 Å². The Kier molecular flexibility index (Phi) is 5.63. The Morgan fingerprint density at radius 2 is 1.81 bits per heavy atom. The van der Waals surface area contributed by atoms with E-state index in [0.717, 1.165) is 12.1 Å². The van der Waals surface area contributed by atoms with E-state index in [1.54, 1.807) is 13.8 Å². The van der Waals surface area contributed by atoms with Crippen LogP contribution in [0.3, 0.4) is 0 Å². The molecule has 1 unspecified atom stereocenters. The fourth-order valence-corrected chi connectivity index (χ4v) is 1.59. The maximum absolute atomic E-state index is 13.0. The number of ether oxygens (including phenoxy) is 1. The fourth-order valence-electron chi connectivity index (χ4n) is 1.59. The molecule has 5 nitrogen and oxygen atoms in total. The van der Waals surface area contributed by atoms with Crippen LogP contribution in [0.25, 0.3) is 0 Å². The van der Waals surface area contributed by atoms with E-state index in [1.165, 1.54) is 13.0 Å². The van der Waals surface area contributed by atoms with Crippen LogP contribution in [0.1, 0.15) is 20.8 Å². The van der Waals surface area contributed by atoms with Crippen molar-refractivity contribution in [3.8, 4) is 5.75 Å². The Balaban J connectivity index is 2.69. The third-order valence-electron chi connectivity index (χ3n) is 2.80. The highest BCUT2D eigenvalue weighted by molar-refractivity contribution is 5.86. The number of carbonyl (C=O) groups excluding carboxylic acids is 1. The van der Waals surface area contributed by atoms with E-state index >= 15 is 0 Å². The lowest BCUT2D eigenvalue weighted by Crippen LogP contribution is -2.48. The Labute approximate surface area is 120 Å². The number of rotatable bonds is 6. The number of carbonyl (C=O) groups is 2. The predicted octanol–water partition coefficient (Wildman–Crippen LogP) is 1.96. The van der Waals surface area contributed by atoms with Crippen molar-refractivity contribution in [2.45, 2.75) is 32.9 Å². The summed E-state index contributed by atoms with van der Waals surface area (Å²) >= 11 is 0. The molecule has 1 aromatic carbocycles. The second-order valence-electron chi connectivity index (χ2n) is 4.90. The number of carboxylic acids is 1. The molecule has 7 heteroatoms. The molecular formula is C14H17F2NO4. The first-order valence-corrected chi connectivity index (χ1v) is 6.37. The van der Waals surface area contributed by atoms with E-state index in [2.05, 4.69) is 5.32 Å².